The molecule has 0 aliphatic carbocycles. The lowest BCUT2D eigenvalue weighted by Gasteiger charge is -2.13. The van der Waals surface area contributed by atoms with E-state index in [9.17, 15) is 5.11 Å². The summed E-state index contributed by atoms with van der Waals surface area (Å²) in [7, 11) is 1.84. The molecule has 0 bridgehead atoms. The van der Waals surface area contributed by atoms with Gasteiger partial charge in [-0.1, -0.05) is 0 Å². The number of rotatable bonds is 2. The van der Waals surface area contributed by atoms with Crippen LogP contribution in [-0.2, 0) is 7.05 Å². The zero-order valence-electron chi connectivity index (χ0n) is 7.65. The summed E-state index contributed by atoms with van der Waals surface area (Å²) in [4.78, 5) is 0. The summed E-state index contributed by atoms with van der Waals surface area (Å²) in [5, 5.41) is 13.6. The van der Waals surface area contributed by atoms with Gasteiger partial charge in [-0.05, 0) is 13.8 Å². The Labute approximate surface area is 72.0 Å². The Balaban J connectivity index is 2.95. The molecule has 0 saturated carbocycles. The predicted molar refractivity (Wildman–Crippen MR) is 46.6 cm³/mol. The number of hydrogen-bond acceptors (Lipinski definition) is 3. The zero-order chi connectivity index (χ0) is 9.30. The van der Waals surface area contributed by atoms with E-state index in [4.69, 9.17) is 5.73 Å². The highest BCUT2D eigenvalue weighted by atomic mass is 16.3. The van der Waals surface area contributed by atoms with Gasteiger partial charge in [-0.3, -0.25) is 4.68 Å². The van der Waals surface area contributed by atoms with E-state index in [-0.39, 0.29) is 6.04 Å². The number of aliphatic hydroxyl groups excluding tert-OH is 1. The Morgan fingerprint density at radius 1 is 1.67 bits per heavy atom. The van der Waals surface area contributed by atoms with Crippen molar-refractivity contribution in [3.8, 4) is 0 Å². The second kappa shape index (κ2) is 3.25. The van der Waals surface area contributed by atoms with Gasteiger partial charge in [0.05, 0.1) is 12.3 Å². The molecule has 0 aliphatic heterocycles. The van der Waals surface area contributed by atoms with Crippen molar-refractivity contribution in [3.63, 3.8) is 0 Å². The van der Waals surface area contributed by atoms with Crippen LogP contribution in [0.15, 0.2) is 6.20 Å². The Morgan fingerprint density at radius 3 is 2.58 bits per heavy atom. The van der Waals surface area contributed by atoms with Crippen LogP contribution in [-0.4, -0.2) is 20.9 Å². The third kappa shape index (κ3) is 1.49. The third-order valence-corrected chi connectivity index (χ3v) is 2.09. The van der Waals surface area contributed by atoms with Crippen molar-refractivity contribution in [2.75, 3.05) is 0 Å². The van der Waals surface area contributed by atoms with Crippen LogP contribution in [0.3, 0.4) is 0 Å². The molecule has 1 heterocycles. The predicted octanol–water partition coefficient (Wildman–Crippen LogP) is 0.109. The Hall–Kier alpha value is -0.870. The van der Waals surface area contributed by atoms with Crippen molar-refractivity contribution in [1.82, 2.24) is 9.78 Å². The number of aromatic nitrogens is 2. The first kappa shape index (κ1) is 9.22. The molecule has 0 spiro atoms. The highest BCUT2D eigenvalue weighted by Crippen LogP contribution is 2.18. The molecule has 2 atom stereocenters. The number of hydrogen-bond donors (Lipinski definition) is 2. The molecule has 12 heavy (non-hydrogen) atoms. The fourth-order valence-corrected chi connectivity index (χ4v) is 1.09. The maximum Gasteiger partial charge on any atom is 0.0971 e. The topological polar surface area (TPSA) is 64.1 Å². The summed E-state index contributed by atoms with van der Waals surface area (Å²) >= 11 is 0. The number of aliphatic hydroxyl groups is 1. The molecule has 0 radical (unpaired) electrons. The highest BCUT2D eigenvalue weighted by Gasteiger charge is 2.16. The van der Waals surface area contributed by atoms with Gasteiger partial charge in [-0.25, -0.2) is 0 Å². The van der Waals surface area contributed by atoms with Gasteiger partial charge in [0.2, 0.25) is 0 Å². The molecule has 4 heteroatoms. The first-order valence-corrected chi connectivity index (χ1v) is 3.96. The molecule has 0 aliphatic rings. The van der Waals surface area contributed by atoms with Crippen molar-refractivity contribution in [1.29, 1.82) is 0 Å². The van der Waals surface area contributed by atoms with Crippen molar-refractivity contribution >= 4 is 0 Å². The van der Waals surface area contributed by atoms with Crippen LogP contribution in [0.5, 0.6) is 0 Å². The van der Waals surface area contributed by atoms with Crippen LogP contribution in [0.2, 0.25) is 0 Å². The van der Waals surface area contributed by atoms with E-state index in [0.29, 0.717) is 0 Å². The Bertz CT molecular complexity index is 267. The summed E-state index contributed by atoms with van der Waals surface area (Å²) in [5.74, 6) is 0. The van der Waals surface area contributed by atoms with E-state index in [1.54, 1.807) is 17.8 Å². The average Bonchev–Trinajstić information content (AvgIpc) is 2.32. The van der Waals surface area contributed by atoms with Gasteiger partial charge in [0.15, 0.2) is 0 Å². The standard InChI is InChI=1S/C8H15N3O/c1-5(9)8(12)7-4-10-11(3)6(7)2/h4-5,8,12H,9H2,1-3H3. The maximum absolute atomic E-state index is 9.61. The highest BCUT2D eigenvalue weighted by molar-refractivity contribution is 5.19. The van der Waals surface area contributed by atoms with Crippen LogP contribution >= 0.6 is 0 Å². The van der Waals surface area contributed by atoms with E-state index in [1.165, 1.54) is 0 Å². The van der Waals surface area contributed by atoms with Gasteiger partial charge >= 0.3 is 0 Å². The second-order valence-corrected chi connectivity index (χ2v) is 3.11. The lowest BCUT2D eigenvalue weighted by atomic mass is 10.1. The molecule has 1 aromatic heterocycles. The molecular formula is C8H15N3O. The minimum Gasteiger partial charge on any atom is -0.387 e. The van der Waals surface area contributed by atoms with Crippen molar-refractivity contribution in [2.45, 2.75) is 26.0 Å². The van der Waals surface area contributed by atoms with Crippen molar-refractivity contribution in [2.24, 2.45) is 12.8 Å². The largest absolute Gasteiger partial charge is 0.387 e. The molecule has 4 nitrogen and oxygen atoms in total. The Kier molecular flexibility index (Phi) is 2.49. The first-order chi connectivity index (χ1) is 5.54. The molecule has 2 unspecified atom stereocenters. The van der Waals surface area contributed by atoms with Gasteiger partial charge in [-0.2, -0.15) is 5.10 Å². The zero-order valence-corrected chi connectivity index (χ0v) is 7.65. The second-order valence-electron chi connectivity index (χ2n) is 3.11. The van der Waals surface area contributed by atoms with Gasteiger partial charge in [0, 0.05) is 24.3 Å². The first-order valence-electron chi connectivity index (χ1n) is 3.96. The summed E-state index contributed by atoms with van der Waals surface area (Å²) in [6.07, 6.45) is 1.04. The quantitative estimate of drug-likeness (QED) is 0.660. The normalized spacial score (nSPS) is 16.1. The molecule has 0 amide bonds. The molecule has 1 aromatic rings. The molecule has 3 N–H and O–H groups in total. The van der Waals surface area contributed by atoms with Gasteiger partial charge < -0.3 is 10.8 Å². The number of aryl methyl sites for hydroxylation is 1. The fourth-order valence-electron chi connectivity index (χ4n) is 1.09. The summed E-state index contributed by atoms with van der Waals surface area (Å²) in [5.41, 5.74) is 7.33. The monoisotopic (exact) mass is 169 g/mol. The summed E-state index contributed by atoms with van der Waals surface area (Å²) in [6.45, 7) is 3.69. The summed E-state index contributed by atoms with van der Waals surface area (Å²) < 4.78 is 1.72. The van der Waals surface area contributed by atoms with Crippen LogP contribution in [0.4, 0.5) is 0 Å². The van der Waals surface area contributed by atoms with Crippen LogP contribution in [0.1, 0.15) is 24.3 Å². The van der Waals surface area contributed by atoms with Crippen LogP contribution in [0.25, 0.3) is 0 Å². The molecule has 0 fully saturated rings. The van der Waals surface area contributed by atoms with Gasteiger partial charge in [0.25, 0.3) is 0 Å². The number of nitrogens with zero attached hydrogens (tertiary/aromatic N) is 2. The van der Waals surface area contributed by atoms with E-state index >= 15 is 0 Å². The summed E-state index contributed by atoms with van der Waals surface area (Å²) in [6, 6.07) is -0.257. The maximum atomic E-state index is 9.61. The van der Waals surface area contributed by atoms with Gasteiger partial charge in [0.1, 0.15) is 0 Å². The lowest BCUT2D eigenvalue weighted by Crippen LogP contribution is -2.24. The fraction of sp³-hybridized carbons (Fsp3) is 0.625. The van der Waals surface area contributed by atoms with Crippen LogP contribution in [0, 0.1) is 6.92 Å². The SMILES string of the molecule is Cc1c(C(O)C(C)N)cnn1C. The van der Waals surface area contributed by atoms with Crippen molar-refractivity contribution < 1.29 is 5.11 Å². The van der Waals surface area contributed by atoms with E-state index < -0.39 is 6.10 Å². The minimum atomic E-state index is -0.612. The molecule has 68 valence electrons. The molecule has 0 aromatic carbocycles. The van der Waals surface area contributed by atoms with Crippen molar-refractivity contribution in [3.05, 3.63) is 17.5 Å². The van der Waals surface area contributed by atoms with Gasteiger partial charge in [-0.15, -0.1) is 0 Å². The smallest absolute Gasteiger partial charge is 0.0971 e. The van der Waals surface area contributed by atoms with E-state index in [0.717, 1.165) is 11.3 Å². The third-order valence-electron chi connectivity index (χ3n) is 2.09. The number of nitrogens with two attached hydrogens (primary N) is 1. The average molecular weight is 169 g/mol. The molecule has 1 rings (SSSR count). The van der Waals surface area contributed by atoms with E-state index in [1.807, 2.05) is 14.0 Å². The Morgan fingerprint density at radius 2 is 2.25 bits per heavy atom. The minimum absolute atomic E-state index is 0.257. The van der Waals surface area contributed by atoms with Crippen LogP contribution < -0.4 is 5.73 Å². The molecular weight excluding hydrogens is 154 g/mol. The lowest BCUT2D eigenvalue weighted by molar-refractivity contribution is 0.152. The van der Waals surface area contributed by atoms with E-state index in [2.05, 4.69) is 5.10 Å². The molecule has 0 saturated heterocycles.